The third-order valence-electron chi connectivity index (χ3n) is 8.24. The monoisotopic (exact) mass is 364 g/mol. The van der Waals surface area contributed by atoms with Crippen molar-refractivity contribution in [1.29, 1.82) is 0 Å². The topological polar surface area (TPSA) is 55.8 Å². The summed E-state index contributed by atoms with van der Waals surface area (Å²) >= 11 is 0. The second kappa shape index (κ2) is 6.63. The zero-order chi connectivity index (χ0) is 19.3. The number of carbonyl (C=O) groups is 1. The summed E-state index contributed by atoms with van der Waals surface area (Å²) in [5.41, 5.74) is 0.0989. The molecule has 4 nitrogen and oxygen atoms in total. The number of rotatable bonds is 3. The number of aliphatic hydroxyl groups is 1. The first-order chi connectivity index (χ1) is 12.1. The standard InChI is InChI=1S/C22H36O4/c1-14(2)22(24)13-10-16-15(18(22)25-5)8-9-17-20(16,3)11-7-12-21(17,4)19(23)26-6/h8,14,16-18,24H,7,9-13H2,1-6H3/t16-,17+,18-,20+,21+,22-/m0/s1. The molecule has 0 saturated heterocycles. The maximum Gasteiger partial charge on any atom is 0.311 e. The molecule has 0 aromatic carbocycles. The van der Waals surface area contributed by atoms with Crippen LogP contribution in [0, 0.1) is 28.6 Å². The highest BCUT2D eigenvalue weighted by molar-refractivity contribution is 5.77. The largest absolute Gasteiger partial charge is 0.469 e. The molecule has 0 heterocycles. The average molecular weight is 365 g/mol. The van der Waals surface area contributed by atoms with Crippen LogP contribution in [0.2, 0.25) is 0 Å². The zero-order valence-electron chi connectivity index (χ0n) is 17.3. The van der Waals surface area contributed by atoms with Crippen LogP contribution in [-0.2, 0) is 14.3 Å². The van der Waals surface area contributed by atoms with Crippen molar-refractivity contribution in [3.05, 3.63) is 11.6 Å². The molecule has 0 radical (unpaired) electrons. The Morgan fingerprint density at radius 3 is 2.50 bits per heavy atom. The minimum atomic E-state index is -0.805. The highest BCUT2D eigenvalue weighted by Crippen LogP contribution is 2.63. The molecule has 3 rings (SSSR count). The van der Waals surface area contributed by atoms with E-state index < -0.39 is 11.0 Å². The van der Waals surface area contributed by atoms with Gasteiger partial charge in [0.15, 0.2) is 0 Å². The molecule has 2 saturated carbocycles. The molecule has 3 aliphatic rings. The van der Waals surface area contributed by atoms with Crippen LogP contribution < -0.4 is 0 Å². The molecule has 0 aromatic heterocycles. The Morgan fingerprint density at radius 2 is 1.92 bits per heavy atom. The second-order valence-electron chi connectivity index (χ2n) is 9.61. The Balaban J connectivity index is 2.03. The van der Waals surface area contributed by atoms with Gasteiger partial charge < -0.3 is 14.6 Å². The second-order valence-corrected chi connectivity index (χ2v) is 9.61. The van der Waals surface area contributed by atoms with Gasteiger partial charge in [0.25, 0.3) is 0 Å². The van der Waals surface area contributed by atoms with E-state index in [4.69, 9.17) is 9.47 Å². The number of ether oxygens (including phenoxy) is 2. The summed E-state index contributed by atoms with van der Waals surface area (Å²) in [7, 11) is 3.23. The third kappa shape index (κ3) is 2.59. The molecule has 0 spiro atoms. The maximum atomic E-state index is 12.7. The molecule has 148 valence electrons. The van der Waals surface area contributed by atoms with Crippen LogP contribution in [0.5, 0.6) is 0 Å². The highest BCUT2D eigenvalue weighted by Gasteiger charge is 2.61. The van der Waals surface area contributed by atoms with E-state index in [1.807, 2.05) is 0 Å². The predicted molar refractivity (Wildman–Crippen MR) is 102 cm³/mol. The Hall–Kier alpha value is -0.870. The SMILES string of the molecule is COC(=O)[C@]1(C)CCC[C@@]2(C)[C@H]1CC=C1[C@@H]2CC[C@](O)(C(C)C)[C@H]1OC. The smallest absolute Gasteiger partial charge is 0.311 e. The predicted octanol–water partition coefficient (Wildman–Crippen LogP) is 4.11. The van der Waals surface area contributed by atoms with Crippen LogP contribution in [0.15, 0.2) is 11.6 Å². The Morgan fingerprint density at radius 1 is 1.23 bits per heavy atom. The third-order valence-corrected chi connectivity index (χ3v) is 8.24. The van der Waals surface area contributed by atoms with E-state index in [-0.39, 0.29) is 29.3 Å². The van der Waals surface area contributed by atoms with Crippen molar-refractivity contribution in [3.63, 3.8) is 0 Å². The van der Waals surface area contributed by atoms with Crippen LogP contribution in [-0.4, -0.2) is 37.0 Å². The molecule has 0 amide bonds. The fraction of sp³-hybridized carbons (Fsp3) is 0.864. The maximum absolute atomic E-state index is 12.7. The zero-order valence-corrected chi connectivity index (χ0v) is 17.3. The first kappa shape index (κ1) is 19.9. The normalized spacial score (nSPS) is 45.5. The molecule has 0 unspecified atom stereocenters. The van der Waals surface area contributed by atoms with Gasteiger partial charge in [-0.15, -0.1) is 0 Å². The van der Waals surface area contributed by atoms with Crippen LogP contribution >= 0.6 is 0 Å². The first-order valence-electron chi connectivity index (χ1n) is 10.2. The molecule has 1 N–H and O–H groups in total. The fourth-order valence-corrected chi connectivity index (χ4v) is 6.63. The van der Waals surface area contributed by atoms with Crippen molar-refractivity contribution in [2.75, 3.05) is 14.2 Å². The van der Waals surface area contributed by atoms with Crippen LogP contribution in [0.4, 0.5) is 0 Å². The van der Waals surface area contributed by atoms with Crippen LogP contribution in [0.25, 0.3) is 0 Å². The van der Waals surface area contributed by atoms with Crippen molar-refractivity contribution in [3.8, 4) is 0 Å². The quantitative estimate of drug-likeness (QED) is 0.605. The molecular weight excluding hydrogens is 328 g/mol. The number of allylic oxidation sites excluding steroid dienone is 1. The van der Waals surface area contributed by atoms with Crippen LogP contribution in [0.1, 0.15) is 66.2 Å². The van der Waals surface area contributed by atoms with Crippen molar-refractivity contribution in [1.82, 2.24) is 0 Å². The Kier molecular flexibility index (Phi) is 5.07. The lowest BCUT2D eigenvalue weighted by atomic mass is 9.45. The summed E-state index contributed by atoms with van der Waals surface area (Å²) in [5.74, 6) is 0.733. The number of hydrogen-bond donors (Lipinski definition) is 1. The molecule has 4 heteroatoms. The van der Waals surface area contributed by atoms with Gasteiger partial charge in [-0.2, -0.15) is 0 Å². The van der Waals surface area contributed by atoms with Gasteiger partial charge in [-0.3, -0.25) is 4.79 Å². The van der Waals surface area contributed by atoms with Crippen molar-refractivity contribution in [2.24, 2.45) is 28.6 Å². The van der Waals surface area contributed by atoms with E-state index >= 15 is 0 Å². The van der Waals surface area contributed by atoms with Gasteiger partial charge in [-0.05, 0) is 67.8 Å². The molecule has 0 aromatic rings. The molecule has 0 bridgehead atoms. The lowest BCUT2D eigenvalue weighted by molar-refractivity contribution is -0.173. The van der Waals surface area contributed by atoms with E-state index in [9.17, 15) is 9.90 Å². The number of esters is 1. The summed E-state index contributed by atoms with van der Waals surface area (Å²) in [6.07, 6.45) is 7.70. The molecule has 0 aliphatic heterocycles. The molecule has 6 atom stereocenters. The fourth-order valence-electron chi connectivity index (χ4n) is 6.63. The average Bonchev–Trinajstić information content (AvgIpc) is 2.60. The Bertz CT molecular complexity index is 597. The summed E-state index contributed by atoms with van der Waals surface area (Å²) in [5, 5.41) is 11.3. The van der Waals surface area contributed by atoms with Crippen molar-refractivity contribution in [2.45, 2.75) is 77.9 Å². The number of methoxy groups -OCH3 is 2. The summed E-state index contributed by atoms with van der Waals surface area (Å²) in [6, 6.07) is 0. The minimum absolute atomic E-state index is 0.0559. The number of carbonyl (C=O) groups excluding carboxylic acids is 1. The summed E-state index contributed by atoms with van der Waals surface area (Å²) < 4.78 is 11.1. The molecule has 2 fully saturated rings. The van der Waals surface area contributed by atoms with Crippen molar-refractivity contribution >= 4 is 5.97 Å². The van der Waals surface area contributed by atoms with Gasteiger partial charge in [-0.1, -0.05) is 33.3 Å². The summed E-state index contributed by atoms with van der Waals surface area (Å²) in [4.78, 5) is 12.7. The van der Waals surface area contributed by atoms with Gasteiger partial charge in [0, 0.05) is 7.11 Å². The van der Waals surface area contributed by atoms with E-state index in [1.54, 1.807) is 7.11 Å². The highest BCUT2D eigenvalue weighted by atomic mass is 16.5. The first-order valence-corrected chi connectivity index (χ1v) is 10.2. The summed E-state index contributed by atoms with van der Waals surface area (Å²) in [6.45, 7) is 8.62. The number of hydrogen-bond acceptors (Lipinski definition) is 4. The van der Waals surface area contributed by atoms with Gasteiger partial charge in [0.05, 0.1) is 18.1 Å². The van der Waals surface area contributed by atoms with E-state index in [0.717, 1.165) is 38.5 Å². The van der Waals surface area contributed by atoms with Gasteiger partial charge in [0.1, 0.15) is 6.10 Å². The van der Waals surface area contributed by atoms with Gasteiger partial charge in [-0.25, -0.2) is 0 Å². The van der Waals surface area contributed by atoms with E-state index in [2.05, 4.69) is 33.8 Å². The van der Waals surface area contributed by atoms with E-state index in [1.165, 1.54) is 12.7 Å². The molecule has 26 heavy (non-hydrogen) atoms. The van der Waals surface area contributed by atoms with Crippen molar-refractivity contribution < 1.29 is 19.4 Å². The number of fused-ring (bicyclic) bond motifs is 3. The lowest BCUT2D eigenvalue weighted by Crippen LogP contribution is -2.60. The van der Waals surface area contributed by atoms with Gasteiger partial charge >= 0.3 is 5.97 Å². The molecular formula is C22H36O4. The molecule has 3 aliphatic carbocycles. The lowest BCUT2D eigenvalue weighted by Gasteiger charge is -2.60. The van der Waals surface area contributed by atoms with E-state index in [0.29, 0.717) is 5.92 Å². The Labute approximate surface area is 158 Å². The van der Waals surface area contributed by atoms with Crippen LogP contribution in [0.3, 0.4) is 0 Å². The minimum Gasteiger partial charge on any atom is -0.469 e. The van der Waals surface area contributed by atoms with Gasteiger partial charge in [0.2, 0.25) is 0 Å².